The second-order valence-electron chi connectivity index (χ2n) is 9.14. The first-order chi connectivity index (χ1) is 16.0. The predicted octanol–water partition coefficient (Wildman–Crippen LogP) is 2.41. The first-order valence-electron chi connectivity index (χ1n) is 10.6. The van der Waals surface area contributed by atoms with Gasteiger partial charge >= 0.3 is 6.18 Å². The number of carbonyl (C=O) groups is 2. The van der Waals surface area contributed by atoms with E-state index < -0.39 is 50.6 Å². The Hall–Kier alpha value is -2.96. The maximum absolute atomic E-state index is 13.2. The van der Waals surface area contributed by atoms with E-state index in [0.29, 0.717) is 18.1 Å². The summed E-state index contributed by atoms with van der Waals surface area (Å²) in [5.41, 5.74) is -4.15. The van der Waals surface area contributed by atoms with Gasteiger partial charge in [-0.05, 0) is 60.7 Å². The highest BCUT2D eigenvalue weighted by Gasteiger charge is 2.54. The predicted molar refractivity (Wildman–Crippen MR) is 118 cm³/mol. The molecule has 3 N–H and O–H groups in total. The highest BCUT2D eigenvalue weighted by atomic mass is 32.2. The fourth-order valence-corrected chi connectivity index (χ4v) is 4.65. The van der Waals surface area contributed by atoms with Crippen molar-refractivity contribution in [3.63, 3.8) is 0 Å². The topological polar surface area (TPSA) is 124 Å². The molecule has 2 aliphatic rings. The van der Waals surface area contributed by atoms with Crippen molar-refractivity contribution in [2.75, 3.05) is 11.6 Å². The Morgan fingerprint density at radius 2 is 1.71 bits per heavy atom. The third-order valence-corrected chi connectivity index (χ3v) is 7.50. The maximum Gasteiger partial charge on any atom is 0.421 e. The van der Waals surface area contributed by atoms with E-state index in [2.05, 4.69) is 5.32 Å². The summed E-state index contributed by atoms with van der Waals surface area (Å²) in [6.07, 6.45) is -3.39. The minimum absolute atomic E-state index is 0.0159. The van der Waals surface area contributed by atoms with Crippen LogP contribution < -0.4 is 5.32 Å². The number of nitrogens with one attached hydrogen (secondary N) is 1. The van der Waals surface area contributed by atoms with Gasteiger partial charge in [-0.3, -0.25) is 9.59 Å². The fraction of sp³-hybridized carbons (Fsp3) is 0.391. The van der Waals surface area contributed by atoms with Crippen LogP contribution in [-0.4, -0.2) is 53.4 Å². The number of sulfone groups is 1. The van der Waals surface area contributed by atoms with Gasteiger partial charge in [0.05, 0.1) is 4.90 Å². The molecule has 0 radical (unpaired) electrons. The molecule has 1 heterocycles. The smallest absolute Gasteiger partial charge is 0.380 e. The zero-order valence-corrected chi connectivity index (χ0v) is 19.6. The molecule has 4 rings (SSSR count). The maximum atomic E-state index is 13.2. The van der Waals surface area contributed by atoms with Crippen LogP contribution in [0, 0.1) is 0 Å². The van der Waals surface area contributed by atoms with E-state index in [0.717, 1.165) is 18.4 Å². The van der Waals surface area contributed by atoms with Crippen LogP contribution >= 0.6 is 0 Å². The van der Waals surface area contributed by atoms with Gasteiger partial charge in [-0.25, -0.2) is 8.42 Å². The van der Waals surface area contributed by atoms with Crippen molar-refractivity contribution in [2.45, 2.75) is 54.6 Å². The molecule has 2 unspecified atom stereocenters. The van der Waals surface area contributed by atoms with Crippen LogP contribution in [0.2, 0.25) is 0 Å². The van der Waals surface area contributed by atoms with Crippen LogP contribution in [0.5, 0.6) is 0 Å². The first-order valence-corrected chi connectivity index (χ1v) is 12.5. The van der Waals surface area contributed by atoms with Crippen molar-refractivity contribution in [1.82, 2.24) is 4.90 Å². The summed E-state index contributed by atoms with van der Waals surface area (Å²) in [5.74, 6) is -1.35. The number of hydrogen-bond donors (Lipinski definition) is 3. The second-order valence-corrected chi connectivity index (χ2v) is 11.2. The molecular weight excluding hydrogens is 489 g/mol. The number of nitrogens with zero attached hydrogens (tertiary/aromatic N) is 1. The summed E-state index contributed by atoms with van der Waals surface area (Å²) in [5, 5.41) is 22.7. The number of benzene rings is 2. The van der Waals surface area contributed by atoms with Crippen molar-refractivity contribution in [3.8, 4) is 0 Å². The van der Waals surface area contributed by atoms with Gasteiger partial charge in [0.1, 0.15) is 11.6 Å². The normalized spacial score (nSPS) is 20.7. The minimum Gasteiger partial charge on any atom is -0.380 e. The molecule has 0 spiro atoms. The van der Waals surface area contributed by atoms with Crippen molar-refractivity contribution in [1.29, 1.82) is 0 Å². The molecule has 0 aromatic heterocycles. The quantitative estimate of drug-likeness (QED) is 0.565. The van der Waals surface area contributed by atoms with Crippen LogP contribution in [0.25, 0.3) is 0 Å². The number of hydrogen-bond acceptors (Lipinski definition) is 6. The van der Waals surface area contributed by atoms with Crippen molar-refractivity contribution >= 4 is 27.3 Å². The fourth-order valence-electron chi connectivity index (χ4n) is 3.98. The molecule has 1 aliphatic heterocycles. The van der Waals surface area contributed by atoms with Crippen molar-refractivity contribution < 1.29 is 41.4 Å². The van der Waals surface area contributed by atoms with Gasteiger partial charge in [0.2, 0.25) is 0 Å². The average Bonchev–Trinajstić information content (AvgIpc) is 3.39. The number of rotatable bonds is 5. The lowest BCUT2D eigenvalue weighted by molar-refractivity contribution is -0.258. The van der Waals surface area contributed by atoms with Crippen LogP contribution in [0.3, 0.4) is 0 Å². The summed E-state index contributed by atoms with van der Waals surface area (Å²) in [7, 11) is -3.55. The number of anilines is 1. The minimum atomic E-state index is -4.90. The number of carbonyl (C=O) groups excluding carboxylic acids is 2. The molecule has 1 saturated carbocycles. The Balaban J connectivity index is 1.63. The summed E-state index contributed by atoms with van der Waals surface area (Å²) >= 11 is 0. The number of aliphatic hydroxyl groups is 2. The van der Waals surface area contributed by atoms with Crippen molar-refractivity contribution in [3.05, 3.63) is 59.2 Å². The van der Waals surface area contributed by atoms with Gasteiger partial charge in [-0.1, -0.05) is 18.2 Å². The van der Waals surface area contributed by atoms with Crippen LogP contribution in [0.15, 0.2) is 47.4 Å². The lowest BCUT2D eigenvalue weighted by atomic mass is 9.95. The molecule has 0 bridgehead atoms. The van der Waals surface area contributed by atoms with E-state index in [1.807, 2.05) is 0 Å². The van der Waals surface area contributed by atoms with Crippen LogP contribution in [0.1, 0.15) is 42.5 Å². The molecule has 35 heavy (non-hydrogen) atoms. The van der Waals surface area contributed by atoms with Gasteiger partial charge in [-0.15, -0.1) is 0 Å². The van der Waals surface area contributed by atoms with Gasteiger partial charge in [0, 0.05) is 18.5 Å². The molecule has 2 aromatic rings. The average molecular weight is 513 g/mol. The summed E-state index contributed by atoms with van der Waals surface area (Å²) < 4.78 is 63.1. The molecule has 0 saturated heterocycles. The molecule has 1 aliphatic carbocycles. The number of amides is 2. The van der Waals surface area contributed by atoms with E-state index in [-0.39, 0.29) is 30.0 Å². The SMILES string of the molecule is CC(O)(c1ccc(NC(=O)C2c3ccc(S(C)(=O)=O)cc3CN2C(=O)C2(O)CC2)cc1)C(F)(F)F. The van der Waals surface area contributed by atoms with Gasteiger partial charge < -0.3 is 20.4 Å². The zero-order valence-electron chi connectivity index (χ0n) is 18.8. The van der Waals surface area contributed by atoms with E-state index in [1.165, 1.54) is 35.2 Å². The van der Waals surface area contributed by atoms with E-state index in [1.54, 1.807) is 0 Å². The van der Waals surface area contributed by atoms with E-state index in [4.69, 9.17) is 0 Å². The summed E-state index contributed by atoms with van der Waals surface area (Å²) in [6.45, 7) is 0.526. The molecule has 8 nitrogen and oxygen atoms in total. The third-order valence-electron chi connectivity index (χ3n) is 6.39. The Morgan fingerprint density at radius 1 is 1.11 bits per heavy atom. The lowest BCUT2D eigenvalue weighted by Gasteiger charge is -2.27. The molecule has 12 heteroatoms. The molecule has 2 amide bonds. The van der Waals surface area contributed by atoms with Gasteiger partial charge in [-0.2, -0.15) is 13.2 Å². The largest absolute Gasteiger partial charge is 0.421 e. The van der Waals surface area contributed by atoms with Crippen LogP contribution in [-0.2, 0) is 31.6 Å². The zero-order chi connectivity index (χ0) is 26.0. The Bertz CT molecular complexity index is 1300. The Morgan fingerprint density at radius 3 is 2.23 bits per heavy atom. The number of halogens is 3. The highest BCUT2D eigenvalue weighted by Crippen LogP contribution is 2.43. The van der Waals surface area contributed by atoms with E-state index in [9.17, 15) is 41.4 Å². The number of fused-ring (bicyclic) bond motifs is 1. The molecule has 2 aromatic carbocycles. The van der Waals surface area contributed by atoms with Crippen molar-refractivity contribution in [2.24, 2.45) is 0 Å². The number of alkyl halides is 3. The molecule has 1 fully saturated rings. The third kappa shape index (κ3) is 4.53. The highest BCUT2D eigenvalue weighted by molar-refractivity contribution is 7.90. The van der Waals surface area contributed by atoms with E-state index >= 15 is 0 Å². The molecule has 2 atom stereocenters. The molecule has 188 valence electrons. The Labute approximate surface area is 199 Å². The summed E-state index contributed by atoms with van der Waals surface area (Å²) in [6, 6.07) is 7.39. The lowest BCUT2D eigenvalue weighted by Crippen LogP contribution is -2.43. The van der Waals surface area contributed by atoms with Crippen LogP contribution in [0.4, 0.5) is 18.9 Å². The summed E-state index contributed by atoms with van der Waals surface area (Å²) in [4.78, 5) is 27.4. The van der Waals surface area contributed by atoms with Gasteiger partial charge in [0.25, 0.3) is 11.8 Å². The standard InChI is InChI=1S/C23H23F3N2O6S/c1-21(31,23(24,25)26)14-3-5-15(6-4-14)27-19(29)18-17-8-7-16(35(2,33)34)11-13(17)12-28(18)20(30)22(32)9-10-22/h3-8,11,18,31-32H,9-10,12H2,1-2H3,(H,27,29). The molecular formula is C23H23F3N2O6S. The first kappa shape index (κ1) is 25.1. The second kappa shape index (κ2) is 8.04. The monoisotopic (exact) mass is 512 g/mol. The Kier molecular flexibility index (Phi) is 5.77. The van der Waals surface area contributed by atoms with Gasteiger partial charge in [0.15, 0.2) is 15.4 Å².